The van der Waals surface area contributed by atoms with Crippen molar-refractivity contribution in [2.45, 2.75) is 32.6 Å². The van der Waals surface area contributed by atoms with Crippen molar-refractivity contribution in [3.63, 3.8) is 0 Å². The molecule has 1 aromatic rings. The van der Waals surface area contributed by atoms with Gasteiger partial charge >= 0.3 is 0 Å². The van der Waals surface area contributed by atoms with E-state index in [9.17, 15) is 0 Å². The lowest BCUT2D eigenvalue weighted by atomic mass is 10.2. The predicted octanol–water partition coefficient (Wildman–Crippen LogP) is 2.21. The summed E-state index contributed by atoms with van der Waals surface area (Å²) in [6.07, 6.45) is 4.75. The highest BCUT2D eigenvalue weighted by molar-refractivity contribution is 5.46. The Bertz CT molecular complexity index is 282. The molecule has 0 aliphatic heterocycles. The molecule has 0 aliphatic carbocycles. The van der Waals surface area contributed by atoms with E-state index in [2.05, 4.69) is 11.9 Å². The fourth-order valence-electron chi connectivity index (χ4n) is 1.35. The highest BCUT2D eigenvalue weighted by atomic mass is 16.5. The van der Waals surface area contributed by atoms with Gasteiger partial charge < -0.3 is 16.2 Å². The Hall–Kier alpha value is -1.45. The molecule has 1 aromatic heterocycles. The molecule has 0 bridgehead atoms. The third-order valence-corrected chi connectivity index (χ3v) is 2.11. The molecule has 1 heterocycles. The molecule has 0 saturated carbocycles. The SMILES string of the molecule is CCCCCCOc1cc(N)nc(N)c1. The number of rotatable bonds is 6. The zero-order valence-corrected chi connectivity index (χ0v) is 9.20. The van der Waals surface area contributed by atoms with E-state index in [-0.39, 0.29) is 0 Å². The standard InChI is InChI=1S/C11H19N3O/c1-2-3-4-5-6-15-9-7-10(12)14-11(13)8-9/h7-8H,2-6H2,1H3,(H4,12,13,14). The number of unbranched alkanes of at least 4 members (excludes halogenated alkanes) is 3. The van der Waals surface area contributed by atoms with Crippen molar-refractivity contribution < 1.29 is 4.74 Å². The molecule has 4 heteroatoms. The van der Waals surface area contributed by atoms with Crippen LogP contribution in [0.2, 0.25) is 0 Å². The molecule has 84 valence electrons. The van der Waals surface area contributed by atoms with E-state index in [1.54, 1.807) is 12.1 Å². The number of nitrogens with zero attached hydrogens (tertiary/aromatic N) is 1. The third-order valence-electron chi connectivity index (χ3n) is 2.11. The summed E-state index contributed by atoms with van der Waals surface area (Å²) < 4.78 is 5.51. The van der Waals surface area contributed by atoms with Crippen LogP contribution >= 0.6 is 0 Å². The summed E-state index contributed by atoms with van der Waals surface area (Å²) in [4.78, 5) is 3.87. The normalized spacial score (nSPS) is 10.2. The summed E-state index contributed by atoms with van der Waals surface area (Å²) in [6.45, 7) is 2.90. The number of ether oxygens (including phenoxy) is 1. The van der Waals surface area contributed by atoms with Crippen molar-refractivity contribution in [2.24, 2.45) is 0 Å². The number of hydrogen-bond acceptors (Lipinski definition) is 4. The topological polar surface area (TPSA) is 74.2 Å². The molecule has 0 fully saturated rings. The molecule has 0 atom stereocenters. The molecule has 1 rings (SSSR count). The molecular weight excluding hydrogens is 190 g/mol. The fourth-order valence-corrected chi connectivity index (χ4v) is 1.35. The molecule has 4 N–H and O–H groups in total. The zero-order chi connectivity index (χ0) is 11.1. The van der Waals surface area contributed by atoms with Crippen LogP contribution in [0.4, 0.5) is 11.6 Å². The second-order valence-corrected chi connectivity index (χ2v) is 3.56. The maximum absolute atomic E-state index is 5.54. The highest BCUT2D eigenvalue weighted by Gasteiger charge is 1.98. The van der Waals surface area contributed by atoms with E-state index in [0.29, 0.717) is 24.0 Å². The van der Waals surface area contributed by atoms with Gasteiger partial charge in [0.25, 0.3) is 0 Å². The van der Waals surface area contributed by atoms with E-state index in [4.69, 9.17) is 16.2 Å². The second-order valence-electron chi connectivity index (χ2n) is 3.56. The number of pyridine rings is 1. The van der Waals surface area contributed by atoms with E-state index in [0.717, 1.165) is 6.42 Å². The summed E-state index contributed by atoms with van der Waals surface area (Å²) >= 11 is 0. The molecule has 0 aromatic carbocycles. The van der Waals surface area contributed by atoms with Crippen molar-refractivity contribution in [1.29, 1.82) is 0 Å². The first-order chi connectivity index (χ1) is 7.22. The Morgan fingerprint density at radius 1 is 1.13 bits per heavy atom. The zero-order valence-electron chi connectivity index (χ0n) is 9.20. The van der Waals surface area contributed by atoms with Gasteiger partial charge in [0.2, 0.25) is 0 Å². The number of aromatic nitrogens is 1. The lowest BCUT2D eigenvalue weighted by molar-refractivity contribution is 0.305. The largest absolute Gasteiger partial charge is 0.493 e. The van der Waals surface area contributed by atoms with Crippen LogP contribution in [0, 0.1) is 0 Å². The van der Waals surface area contributed by atoms with Gasteiger partial charge in [0.15, 0.2) is 0 Å². The van der Waals surface area contributed by atoms with Gasteiger partial charge in [0.05, 0.1) is 6.61 Å². The molecule has 0 saturated heterocycles. The van der Waals surface area contributed by atoms with Gasteiger partial charge in [-0.2, -0.15) is 0 Å². The van der Waals surface area contributed by atoms with Crippen molar-refractivity contribution >= 4 is 11.6 Å². The van der Waals surface area contributed by atoms with Crippen LogP contribution in [0.25, 0.3) is 0 Å². The van der Waals surface area contributed by atoms with E-state index in [1.807, 2.05) is 0 Å². The minimum atomic E-state index is 0.401. The molecule has 0 amide bonds. The van der Waals surface area contributed by atoms with Crippen LogP contribution in [0.15, 0.2) is 12.1 Å². The van der Waals surface area contributed by atoms with Crippen LogP contribution in [0.3, 0.4) is 0 Å². The molecule has 0 aliphatic rings. The Kier molecular flexibility index (Phi) is 4.74. The smallest absolute Gasteiger partial charge is 0.129 e. The van der Waals surface area contributed by atoms with Gasteiger partial charge in [-0.3, -0.25) is 0 Å². The number of nitrogens with two attached hydrogens (primary N) is 2. The van der Waals surface area contributed by atoms with Crippen LogP contribution in [-0.4, -0.2) is 11.6 Å². The Balaban J connectivity index is 2.31. The molecule has 0 unspecified atom stereocenters. The van der Waals surface area contributed by atoms with E-state index >= 15 is 0 Å². The summed E-state index contributed by atoms with van der Waals surface area (Å²) in [6, 6.07) is 3.38. The highest BCUT2D eigenvalue weighted by Crippen LogP contribution is 2.17. The predicted molar refractivity (Wildman–Crippen MR) is 62.7 cm³/mol. The van der Waals surface area contributed by atoms with E-state index in [1.165, 1.54) is 19.3 Å². The van der Waals surface area contributed by atoms with Crippen LogP contribution in [-0.2, 0) is 0 Å². The minimum absolute atomic E-state index is 0.401. The monoisotopic (exact) mass is 209 g/mol. The van der Waals surface area contributed by atoms with Crippen molar-refractivity contribution in [1.82, 2.24) is 4.98 Å². The fraction of sp³-hybridized carbons (Fsp3) is 0.545. The van der Waals surface area contributed by atoms with E-state index < -0.39 is 0 Å². The van der Waals surface area contributed by atoms with Crippen molar-refractivity contribution in [2.75, 3.05) is 18.1 Å². The van der Waals surface area contributed by atoms with Gasteiger partial charge in [-0.05, 0) is 6.42 Å². The lowest BCUT2D eigenvalue weighted by Crippen LogP contribution is -2.01. The van der Waals surface area contributed by atoms with Gasteiger partial charge in [0, 0.05) is 12.1 Å². The number of nitrogen functional groups attached to an aromatic ring is 2. The Labute approximate surface area is 90.6 Å². The second kappa shape index (κ2) is 6.11. The van der Waals surface area contributed by atoms with Crippen LogP contribution in [0.1, 0.15) is 32.6 Å². The average molecular weight is 209 g/mol. The maximum atomic E-state index is 5.54. The quantitative estimate of drug-likeness (QED) is 0.704. The van der Waals surface area contributed by atoms with Crippen LogP contribution < -0.4 is 16.2 Å². The third kappa shape index (κ3) is 4.54. The first-order valence-electron chi connectivity index (χ1n) is 5.38. The van der Waals surface area contributed by atoms with Crippen molar-refractivity contribution in [3.8, 4) is 5.75 Å². The summed E-state index contributed by atoms with van der Waals surface area (Å²) in [5.41, 5.74) is 11.1. The summed E-state index contributed by atoms with van der Waals surface area (Å²) in [5.74, 6) is 1.51. The minimum Gasteiger partial charge on any atom is -0.493 e. The lowest BCUT2D eigenvalue weighted by Gasteiger charge is -2.06. The molecule has 0 radical (unpaired) electrons. The maximum Gasteiger partial charge on any atom is 0.129 e. The Morgan fingerprint density at radius 2 is 1.80 bits per heavy atom. The molecule has 0 spiro atoms. The van der Waals surface area contributed by atoms with Gasteiger partial charge in [0.1, 0.15) is 17.4 Å². The summed E-state index contributed by atoms with van der Waals surface area (Å²) in [5, 5.41) is 0. The van der Waals surface area contributed by atoms with Gasteiger partial charge in [-0.25, -0.2) is 4.98 Å². The Morgan fingerprint density at radius 3 is 2.40 bits per heavy atom. The molecule has 4 nitrogen and oxygen atoms in total. The van der Waals surface area contributed by atoms with Gasteiger partial charge in [-0.15, -0.1) is 0 Å². The van der Waals surface area contributed by atoms with Crippen molar-refractivity contribution in [3.05, 3.63) is 12.1 Å². The van der Waals surface area contributed by atoms with Gasteiger partial charge in [-0.1, -0.05) is 26.2 Å². The molecular formula is C11H19N3O. The van der Waals surface area contributed by atoms with Crippen LogP contribution in [0.5, 0.6) is 5.75 Å². The first kappa shape index (κ1) is 11.6. The summed E-state index contributed by atoms with van der Waals surface area (Å²) in [7, 11) is 0. The number of hydrogen-bond donors (Lipinski definition) is 2. The number of anilines is 2. The molecule has 15 heavy (non-hydrogen) atoms. The first-order valence-corrected chi connectivity index (χ1v) is 5.38. The average Bonchev–Trinajstić information content (AvgIpc) is 2.16.